The Bertz CT molecular complexity index is 436. The van der Waals surface area contributed by atoms with E-state index in [9.17, 15) is 4.79 Å². The molecule has 7 heteroatoms. The first-order valence-corrected chi connectivity index (χ1v) is 4.86. The van der Waals surface area contributed by atoms with Gasteiger partial charge in [-0.2, -0.15) is 5.21 Å². The van der Waals surface area contributed by atoms with Gasteiger partial charge in [-0.25, -0.2) is 0 Å². The van der Waals surface area contributed by atoms with Crippen molar-refractivity contribution in [3.8, 4) is 0 Å². The Morgan fingerprint density at radius 1 is 1.62 bits per heavy atom. The number of H-pyrrole nitrogens is 1. The van der Waals surface area contributed by atoms with Crippen LogP contribution in [0.4, 0.5) is 0 Å². The van der Waals surface area contributed by atoms with E-state index in [4.69, 9.17) is 4.42 Å². The van der Waals surface area contributed by atoms with Gasteiger partial charge in [-0.3, -0.25) is 4.79 Å². The molecule has 0 spiro atoms. The number of amides is 1. The maximum atomic E-state index is 11.9. The van der Waals surface area contributed by atoms with Crippen LogP contribution in [0.15, 0.2) is 22.8 Å². The highest BCUT2D eigenvalue weighted by Gasteiger charge is 2.19. The first kappa shape index (κ1) is 10.3. The zero-order valence-corrected chi connectivity index (χ0v) is 8.75. The second-order valence-corrected chi connectivity index (χ2v) is 3.13. The van der Waals surface area contributed by atoms with Crippen LogP contribution < -0.4 is 0 Å². The standard InChI is InChI=1S/C9H11N5O2/c1-2-14(6-7-4-3-5-16-7)9(15)8-10-12-13-11-8/h3-5H,2,6H2,1H3,(H,10,11,12,13). The molecule has 0 saturated heterocycles. The van der Waals surface area contributed by atoms with Crippen LogP contribution >= 0.6 is 0 Å². The molecule has 0 aliphatic rings. The second kappa shape index (κ2) is 4.56. The molecule has 16 heavy (non-hydrogen) atoms. The largest absolute Gasteiger partial charge is 0.467 e. The van der Waals surface area contributed by atoms with Gasteiger partial charge in [0, 0.05) is 6.54 Å². The van der Waals surface area contributed by atoms with Crippen molar-refractivity contribution < 1.29 is 9.21 Å². The molecule has 0 atom stereocenters. The molecular formula is C9H11N5O2. The van der Waals surface area contributed by atoms with Gasteiger partial charge < -0.3 is 9.32 Å². The number of tetrazole rings is 1. The number of rotatable bonds is 4. The molecule has 7 nitrogen and oxygen atoms in total. The predicted octanol–water partition coefficient (Wildman–Crippen LogP) is 0.455. The molecule has 1 N–H and O–H groups in total. The number of furan rings is 1. The van der Waals surface area contributed by atoms with Gasteiger partial charge >= 0.3 is 0 Å². The van der Waals surface area contributed by atoms with Crippen LogP contribution in [0.3, 0.4) is 0 Å². The van der Waals surface area contributed by atoms with Crippen molar-refractivity contribution in [2.24, 2.45) is 0 Å². The number of nitrogens with one attached hydrogen (secondary N) is 1. The third-order valence-corrected chi connectivity index (χ3v) is 2.13. The molecule has 1 amide bonds. The van der Waals surface area contributed by atoms with Gasteiger partial charge in [0.1, 0.15) is 5.76 Å². The van der Waals surface area contributed by atoms with Gasteiger partial charge in [0.25, 0.3) is 11.7 Å². The second-order valence-electron chi connectivity index (χ2n) is 3.13. The summed E-state index contributed by atoms with van der Waals surface area (Å²) in [6, 6.07) is 3.59. The topological polar surface area (TPSA) is 87.9 Å². The zero-order valence-electron chi connectivity index (χ0n) is 8.75. The van der Waals surface area contributed by atoms with E-state index in [0.29, 0.717) is 13.1 Å². The number of aromatic nitrogens is 4. The summed E-state index contributed by atoms with van der Waals surface area (Å²) in [5.41, 5.74) is 0. The van der Waals surface area contributed by atoms with E-state index in [1.807, 2.05) is 13.0 Å². The maximum absolute atomic E-state index is 11.9. The molecule has 2 aromatic rings. The van der Waals surface area contributed by atoms with Crippen LogP contribution in [0.2, 0.25) is 0 Å². The maximum Gasteiger partial charge on any atom is 0.295 e. The normalized spacial score (nSPS) is 10.3. The molecule has 0 aliphatic carbocycles. The van der Waals surface area contributed by atoms with E-state index >= 15 is 0 Å². The lowest BCUT2D eigenvalue weighted by Gasteiger charge is -2.17. The molecular weight excluding hydrogens is 210 g/mol. The molecule has 2 heterocycles. The van der Waals surface area contributed by atoms with Crippen LogP contribution in [0.5, 0.6) is 0 Å². The summed E-state index contributed by atoms with van der Waals surface area (Å²) in [7, 11) is 0. The number of carbonyl (C=O) groups is 1. The van der Waals surface area contributed by atoms with Gasteiger partial charge in [0.15, 0.2) is 0 Å². The lowest BCUT2D eigenvalue weighted by molar-refractivity contribution is 0.0729. The van der Waals surface area contributed by atoms with E-state index in [0.717, 1.165) is 5.76 Å². The fourth-order valence-corrected chi connectivity index (χ4v) is 1.31. The molecule has 0 aromatic carbocycles. The number of carbonyl (C=O) groups excluding carboxylic acids is 1. The fourth-order valence-electron chi connectivity index (χ4n) is 1.31. The quantitative estimate of drug-likeness (QED) is 0.810. The van der Waals surface area contributed by atoms with Gasteiger partial charge in [-0.05, 0) is 24.3 Å². The number of aromatic amines is 1. The Labute approximate surface area is 91.4 Å². The number of hydrogen-bond acceptors (Lipinski definition) is 5. The average Bonchev–Trinajstić information content (AvgIpc) is 2.97. The highest BCUT2D eigenvalue weighted by atomic mass is 16.3. The van der Waals surface area contributed by atoms with Crippen LogP contribution in [-0.2, 0) is 6.54 Å². The third kappa shape index (κ3) is 2.08. The zero-order chi connectivity index (χ0) is 11.4. The number of nitrogens with zero attached hydrogens (tertiary/aromatic N) is 4. The Balaban J connectivity index is 2.08. The molecule has 0 aliphatic heterocycles. The van der Waals surface area contributed by atoms with Crippen LogP contribution in [0.1, 0.15) is 23.3 Å². The summed E-state index contributed by atoms with van der Waals surface area (Å²) in [6.45, 7) is 2.83. The Kier molecular flexibility index (Phi) is 2.95. The van der Waals surface area contributed by atoms with E-state index in [-0.39, 0.29) is 11.7 Å². The Morgan fingerprint density at radius 3 is 3.06 bits per heavy atom. The van der Waals surface area contributed by atoms with E-state index in [2.05, 4.69) is 20.6 Å². The smallest absolute Gasteiger partial charge is 0.295 e. The minimum atomic E-state index is -0.271. The van der Waals surface area contributed by atoms with Crippen molar-refractivity contribution >= 4 is 5.91 Å². The lowest BCUT2D eigenvalue weighted by Crippen LogP contribution is -2.31. The van der Waals surface area contributed by atoms with Crippen LogP contribution in [0.25, 0.3) is 0 Å². The SMILES string of the molecule is CCN(Cc1ccco1)C(=O)c1nn[nH]n1. The van der Waals surface area contributed by atoms with Crippen LogP contribution in [0, 0.1) is 0 Å². The van der Waals surface area contributed by atoms with E-state index < -0.39 is 0 Å². The highest BCUT2D eigenvalue weighted by Crippen LogP contribution is 2.07. The first-order valence-electron chi connectivity index (χ1n) is 4.86. The average molecular weight is 221 g/mol. The summed E-state index contributed by atoms with van der Waals surface area (Å²) >= 11 is 0. The van der Waals surface area contributed by atoms with Gasteiger partial charge in [0.2, 0.25) is 0 Å². The van der Waals surface area contributed by atoms with Crippen molar-refractivity contribution in [2.75, 3.05) is 6.54 Å². The van der Waals surface area contributed by atoms with Crippen molar-refractivity contribution in [1.82, 2.24) is 25.5 Å². The third-order valence-electron chi connectivity index (χ3n) is 2.13. The molecule has 0 bridgehead atoms. The van der Waals surface area contributed by atoms with Crippen molar-refractivity contribution in [3.05, 3.63) is 30.0 Å². The lowest BCUT2D eigenvalue weighted by atomic mass is 10.3. The number of hydrogen-bond donors (Lipinski definition) is 1. The summed E-state index contributed by atoms with van der Waals surface area (Å²) in [4.78, 5) is 13.4. The monoisotopic (exact) mass is 221 g/mol. The molecule has 0 radical (unpaired) electrons. The van der Waals surface area contributed by atoms with Crippen LogP contribution in [-0.4, -0.2) is 38.0 Å². The highest BCUT2D eigenvalue weighted by molar-refractivity contribution is 5.90. The van der Waals surface area contributed by atoms with Gasteiger partial charge in [-0.1, -0.05) is 0 Å². The Hall–Kier alpha value is -2.18. The first-order chi connectivity index (χ1) is 7.81. The van der Waals surface area contributed by atoms with Crippen molar-refractivity contribution in [2.45, 2.75) is 13.5 Å². The molecule has 0 unspecified atom stereocenters. The van der Waals surface area contributed by atoms with Crippen molar-refractivity contribution in [1.29, 1.82) is 0 Å². The van der Waals surface area contributed by atoms with E-state index in [1.54, 1.807) is 17.2 Å². The van der Waals surface area contributed by atoms with Gasteiger partial charge in [-0.15, -0.1) is 10.2 Å². The molecule has 2 rings (SSSR count). The van der Waals surface area contributed by atoms with Crippen molar-refractivity contribution in [3.63, 3.8) is 0 Å². The summed E-state index contributed by atoms with van der Waals surface area (Å²) < 4.78 is 5.18. The fraction of sp³-hybridized carbons (Fsp3) is 0.333. The predicted molar refractivity (Wildman–Crippen MR) is 53.3 cm³/mol. The van der Waals surface area contributed by atoms with Gasteiger partial charge in [0.05, 0.1) is 12.8 Å². The summed E-state index contributed by atoms with van der Waals surface area (Å²) in [6.07, 6.45) is 1.57. The van der Waals surface area contributed by atoms with E-state index in [1.165, 1.54) is 0 Å². The summed E-state index contributed by atoms with van der Waals surface area (Å²) in [5.74, 6) is 0.514. The molecule has 2 aromatic heterocycles. The Morgan fingerprint density at radius 2 is 2.50 bits per heavy atom. The molecule has 0 saturated carbocycles. The molecule has 84 valence electrons. The minimum Gasteiger partial charge on any atom is -0.467 e. The summed E-state index contributed by atoms with van der Waals surface area (Å²) in [5, 5.41) is 12.9. The minimum absolute atomic E-state index is 0.0633. The molecule has 0 fully saturated rings.